The first-order valence-electron chi connectivity index (χ1n) is 4.63. The lowest BCUT2D eigenvalue weighted by Crippen LogP contribution is -2.35. The number of rotatable bonds is 1. The molecule has 1 saturated heterocycles. The number of piperidine rings is 1. The van der Waals surface area contributed by atoms with Gasteiger partial charge in [0.25, 0.3) is 0 Å². The summed E-state index contributed by atoms with van der Waals surface area (Å²) in [5.74, 6) is 0.697. The second-order valence-electron chi connectivity index (χ2n) is 3.48. The van der Waals surface area contributed by atoms with Crippen LogP contribution in [0.15, 0.2) is 30.3 Å². The molecule has 0 saturated carbocycles. The van der Waals surface area contributed by atoms with Crippen LogP contribution in [-0.2, 0) is 4.79 Å². The van der Waals surface area contributed by atoms with Crippen molar-refractivity contribution in [1.29, 1.82) is 0 Å². The van der Waals surface area contributed by atoms with Crippen molar-refractivity contribution in [2.24, 2.45) is 0 Å². The van der Waals surface area contributed by atoms with Gasteiger partial charge < -0.3 is 5.32 Å². The highest BCUT2D eigenvalue weighted by atomic mass is 16.1. The Bertz CT molecular complexity index is 294. The molecule has 1 aliphatic heterocycles. The summed E-state index contributed by atoms with van der Waals surface area (Å²) < 4.78 is 0. The molecule has 2 nitrogen and oxygen atoms in total. The van der Waals surface area contributed by atoms with E-state index in [-0.39, 0.29) is 0 Å². The molecule has 1 unspecified atom stereocenters. The van der Waals surface area contributed by atoms with E-state index in [4.69, 9.17) is 0 Å². The first-order chi connectivity index (χ1) is 6.36. The van der Waals surface area contributed by atoms with Crippen LogP contribution in [0, 0.1) is 0 Å². The maximum absolute atomic E-state index is 11.2. The van der Waals surface area contributed by atoms with Gasteiger partial charge in [0.15, 0.2) is 0 Å². The predicted octanol–water partition coefficient (Wildman–Crippen LogP) is 1.33. The van der Waals surface area contributed by atoms with Gasteiger partial charge in [0, 0.05) is 18.9 Å². The molecule has 1 aliphatic rings. The SMILES string of the molecule is O=C1CNCC(c2ccccc2)C1. The third-order valence-electron chi connectivity index (χ3n) is 2.46. The number of nitrogens with one attached hydrogen (secondary N) is 1. The lowest BCUT2D eigenvalue weighted by atomic mass is 9.91. The molecular weight excluding hydrogens is 162 g/mol. The van der Waals surface area contributed by atoms with Crippen molar-refractivity contribution >= 4 is 5.78 Å². The molecule has 1 atom stereocenters. The number of benzene rings is 1. The molecule has 0 radical (unpaired) electrons. The summed E-state index contributed by atoms with van der Waals surface area (Å²) in [6.45, 7) is 1.47. The monoisotopic (exact) mass is 175 g/mol. The zero-order valence-corrected chi connectivity index (χ0v) is 7.49. The molecule has 2 rings (SSSR count). The van der Waals surface area contributed by atoms with Gasteiger partial charge in [0.1, 0.15) is 5.78 Å². The predicted molar refractivity (Wildman–Crippen MR) is 51.7 cm³/mol. The Balaban J connectivity index is 2.13. The summed E-state index contributed by atoms with van der Waals surface area (Å²) in [5.41, 5.74) is 1.27. The van der Waals surface area contributed by atoms with Crippen LogP contribution in [-0.4, -0.2) is 18.9 Å². The molecule has 0 spiro atoms. The molecule has 1 aromatic carbocycles. The van der Waals surface area contributed by atoms with Crippen molar-refractivity contribution in [2.75, 3.05) is 13.1 Å². The van der Waals surface area contributed by atoms with Gasteiger partial charge in [-0.15, -0.1) is 0 Å². The fraction of sp³-hybridized carbons (Fsp3) is 0.364. The van der Waals surface area contributed by atoms with Gasteiger partial charge in [0.2, 0.25) is 0 Å². The number of ketones is 1. The number of hydrogen-bond donors (Lipinski definition) is 1. The standard InChI is InChI=1S/C11H13NO/c13-11-6-10(7-12-8-11)9-4-2-1-3-5-9/h1-5,10,12H,6-8H2. The summed E-state index contributed by atoms with van der Waals surface area (Å²) in [4.78, 5) is 11.2. The topological polar surface area (TPSA) is 29.1 Å². The number of Topliss-reactive ketones (excluding diaryl/α,β-unsaturated/α-hetero) is 1. The van der Waals surface area contributed by atoms with E-state index in [1.807, 2.05) is 18.2 Å². The quantitative estimate of drug-likeness (QED) is 0.697. The van der Waals surface area contributed by atoms with Crippen LogP contribution in [0.1, 0.15) is 17.9 Å². The first-order valence-corrected chi connectivity index (χ1v) is 4.63. The average Bonchev–Trinajstić information content (AvgIpc) is 2.19. The highest BCUT2D eigenvalue weighted by molar-refractivity contribution is 5.82. The fourth-order valence-corrected chi connectivity index (χ4v) is 1.77. The summed E-state index contributed by atoms with van der Waals surface area (Å²) in [6, 6.07) is 10.2. The van der Waals surface area contributed by atoms with Gasteiger partial charge in [-0.25, -0.2) is 0 Å². The second kappa shape index (κ2) is 3.71. The first kappa shape index (κ1) is 8.45. The summed E-state index contributed by atoms with van der Waals surface area (Å²) >= 11 is 0. The normalized spacial score (nSPS) is 23.1. The Morgan fingerprint density at radius 3 is 2.69 bits per heavy atom. The van der Waals surface area contributed by atoms with Crippen LogP contribution < -0.4 is 5.32 Å². The van der Waals surface area contributed by atoms with Gasteiger partial charge in [-0.1, -0.05) is 30.3 Å². The molecule has 1 fully saturated rings. The lowest BCUT2D eigenvalue weighted by Gasteiger charge is -2.21. The van der Waals surface area contributed by atoms with Crippen molar-refractivity contribution in [1.82, 2.24) is 5.32 Å². The Kier molecular flexibility index (Phi) is 2.41. The van der Waals surface area contributed by atoms with Crippen LogP contribution in [0.3, 0.4) is 0 Å². The maximum Gasteiger partial charge on any atom is 0.147 e. The van der Waals surface area contributed by atoms with E-state index in [1.165, 1.54) is 5.56 Å². The van der Waals surface area contributed by atoms with Crippen molar-refractivity contribution < 1.29 is 4.79 Å². The van der Waals surface area contributed by atoms with Gasteiger partial charge in [-0.3, -0.25) is 4.79 Å². The molecule has 1 heterocycles. The smallest absolute Gasteiger partial charge is 0.147 e. The second-order valence-corrected chi connectivity index (χ2v) is 3.48. The molecule has 68 valence electrons. The Morgan fingerprint density at radius 1 is 1.23 bits per heavy atom. The van der Waals surface area contributed by atoms with E-state index in [9.17, 15) is 4.79 Å². The van der Waals surface area contributed by atoms with Crippen LogP contribution in [0.4, 0.5) is 0 Å². The molecule has 0 amide bonds. The van der Waals surface area contributed by atoms with Gasteiger partial charge >= 0.3 is 0 Å². The molecule has 1 N–H and O–H groups in total. The average molecular weight is 175 g/mol. The molecule has 0 aromatic heterocycles. The number of carbonyl (C=O) groups excluding carboxylic acids is 1. The van der Waals surface area contributed by atoms with Crippen molar-refractivity contribution in [2.45, 2.75) is 12.3 Å². The minimum Gasteiger partial charge on any atom is -0.309 e. The lowest BCUT2D eigenvalue weighted by molar-refractivity contribution is -0.119. The van der Waals surface area contributed by atoms with E-state index >= 15 is 0 Å². The minimum atomic E-state index is 0.320. The molecule has 1 aromatic rings. The summed E-state index contributed by atoms with van der Waals surface area (Å²) in [7, 11) is 0. The van der Waals surface area contributed by atoms with Crippen LogP contribution in [0.5, 0.6) is 0 Å². The van der Waals surface area contributed by atoms with E-state index in [0.717, 1.165) is 6.54 Å². The molecule has 2 heteroatoms. The van der Waals surface area contributed by atoms with Crippen LogP contribution >= 0.6 is 0 Å². The summed E-state index contributed by atoms with van der Waals surface area (Å²) in [5, 5.41) is 3.13. The van der Waals surface area contributed by atoms with E-state index in [2.05, 4.69) is 17.4 Å². The fourth-order valence-electron chi connectivity index (χ4n) is 1.77. The van der Waals surface area contributed by atoms with Gasteiger partial charge in [-0.05, 0) is 5.56 Å². The number of carbonyl (C=O) groups is 1. The van der Waals surface area contributed by atoms with Crippen LogP contribution in [0.25, 0.3) is 0 Å². The Morgan fingerprint density at radius 2 is 2.00 bits per heavy atom. The van der Waals surface area contributed by atoms with E-state index < -0.39 is 0 Å². The minimum absolute atomic E-state index is 0.320. The van der Waals surface area contributed by atoms with E-state index in [0.29, 0.717) is 24.7 Å². The Labute approximate surface area is 78.0 Å². The maximum atomic E-state index is 11.2. The van der Waals surface area contributed by atoms with Crippen molar-refractivity contribution in [3.05, 3.63) is 35.9 Å². The van der Waals surface area contributed by atoms with Crippen molar-refractivity contribution in [3.63, 3.8) is 0 Å². The van der Waals surface area contributed by atoms with Gasteiger partial charge in [-0.2, -0.15) is 0 Å². The largest absolute Gasteiger partial charge is 0.309 e. The van der Waals surface area contributed by atoms with Crippen LogP contribution in [0.2, 0.25) is 0 Å². The van der Waals surface area contributed by atoms with E-state index in [1.54, 1.807) is 0 Å². The third kappa shape index (κ3) is 1.95. The third-order valence-corrected chi connectivity index (χ3v) is 2.46. The zero-order chi connectivity index (χ0) is 9.10. The van der Waals surface area contributed by atoms with Crippen molar-refractivity contribution in [3.8, 4) is 0 Å². The highest BCUT2D eigenvalue weighted by Crippen LogP contribution is 2.20. The number of hydrogen-bond acceptors (Lipinski definition) is 2. The Hall–Kier alpha value is -1.15. The molecule has 0 bridgehead atoms. The van der Waals surface area contributed by atoms with Gasteiger partial charge in [0.05, 0.1) is 6.54 Å². The molecule has 0 aliphatic carbocycles. The molecule has 13 heavy (non-hydrogen) atoms. The highest BCUT2D eigenvalue weighted by Gasteiger charge is 2.19. The zero-order valence-electron chi connectivity index (χ0n) is 7.49. The molecular formula is C11H13NO. The summed E-state index contributed by atoms with van der Waals surface area (Å²) in [6.07, 6.45) is 0.691.